The van der Waals surface area contributed by atoms with Crippen molar-refractivity contribution in [1.29, 1.82) is 0 Å². The van der Waals surface area contributed by atoms with E-state index in [1.807, 2.05) is 18.4 Å². The highest BCUT2D eigenvalue weighted by Gasteiger charge is 1.84. The summed E-state index contributed by atoms with van der Waals surface area (Å²) in [6.07, 6.45) is 0. The highest BCUT2D eigenvalue weighted by molar-refractivity contribution is 7.14. The van der Waals surface area contributed by atoms with E-state index in [2.05, 4.69) is 0 Å². The number of aryl methyl sites for hydroxylation is 1. The average molecular weight is 113 g/mol. The lowest BCUT2D eigenvalue weighted by atomic mass is 10.4. The third kappa shape index (κ3) is 0.933. The molecule has 0 aliphatic heterocycles. The molecule has 0 aromatic carbocycles. The SMILES string of the molecule is Cc1csc(N)c1. The van der Waals surface area contributed by atoms with E-state index in [1.165, 1.54) is 5.56 Å². The second-order valence-electron chi connectivity index (χ2n) is 1.53. The van der Waals surface area contributed by atoms with Gasteiger partial charge in [-0.25, -0.2) is 0 Å². The number of nitrogens with two attached hydrogens (primary N) is 1. The summed E-state index contributed by atoms with van der Waals surface area (Å²) in [6.45, 7) is 2.03. The van der Waals surface area contributed by atoms with Crippen molar-refractivity contribution in [2.45, 2.75) is 6.92 Å². The van der Waals surface area contributed by atoms with Crippen LogP contribution in [0.5, 0.6) is 0 Å². The first-order chi connectivity index (χ1) is 3.29. The Hall–Kier alpha value is -0.500. The van der Waals surface area contributed by atoms with Crippen LogP contribution in [0, 0.1) is 6.92 Å². The summed E-state index contributed by atoms with van der Waals surface area (Å²) in [5.74, 6) is 0. The zero-order chi connectivity index (χ0) is 5.28. The molecule has 0 atom stereocenters. The third-order valence-electron chi connectivity index (χ3n) is 0.751. The van der Waals surface area contributed by atoms with E-state index >= 15 is 0 Å². The summed E-state index contributed by atoms with van der Waals surface area (Å²) < 4.78 is 0. The minimum absolute atomic E-state index is 0.900. The summed E-state index contributed by atoms with van der Waals surface area (Å²) in [5.41, 5.74) is 6.65. The molecule has 0 amide bonds. The molecule has 0 spiro atoms. The Morgan fingerprint density at radius 2 is 2.43 bits per heavy atom. The topological polar surface area (TPSA) is 26.0 Å². The van der Waals surface area contributed by atoms with Crippen molar-refractivity contribution in [3.63, 3.8) is 0 Å². The van der Waals surface area contributed by atoms with Crippen molar-refractivity contribution < 1.29 is 0 Å². The van der Waals surface area contributed by atoms with Crippen molar-refractivity contribution in [1.82, 2.24) is 0 Å². The fourth-order valence-electron chi connectivity index (χ4n) is 0.453. The highest BCUT2D eigenvalue weighted by atomic mass is 32.1. The largest absolute Gasteiger partial charge is 0.391 e. The van der Waals surface area contributed by atoms with Gasteiger partial charge in [-0.05, 0) is 23.9 Å². The van der Waals surface area contributed by atoms with Crippen LogP contribution < -0.4 is 5.73 Å². The summed E-state index contributed by atoms with van der Waals surface area (Å²) in [6, 6.07) is 1.96. The molecule has 2 N–H and O–H groups in total. The molecular weight excluding hydrogens is 106 g/mol. The molecule has 0 aliphatic rings. The van der Waals surface area contributed by atoms with Crippen LogP contribution in [0.25, 0.3) is 0 Å². The quantitative estimate of drug-likeness (QED) is 0.543. The molecule has 1 heterocycles. The Balaban J connectivity index is 3.04. The molecule has 0 fully saturated rings. The van der Waals surface area contributed by atoms with E-state index in [9.17, 15) is 0 Å². The molecule has 0 bridgehead atoms. The standard InChI is InChI=1S/C5H7NS/c1-4-2-5(6)7-3-4/h2-3H,6H2,1H3. The molecule has 2 heteroatoms. The van der Waals surface area contributed by atoms with Crippen molar-refractivity contribution in [2.75, 3.05) is 5.73 Å². The molecule has 1 aromatic heterocycles. The lowest BCUT2D eigenvalue weighted by Crippen LogP contribution is -1.73. The lowest BCUT2D eigenvalue weighted by Gasteiger charge is -1.71. The summed E-state index contributed by atoms with van der Waals surface area (Å²) in [7, 11) is 0. The Bertz CT molecular complexity index is 140. The van der Waals surface area contributed by atoms with Gasteiger partial charge in [-0.3, -0.25) is 0 Å². The lowest BCUT2D eigenvalue weighted by molar-refractivity contribution is 1.56. The first-order valence-electron chi connectivity index (χ1n) is 2.09. The normalized spacial score (nSPS) is 9.29. The smallest absolute Gasteiger partial charge is 0.0859 e. The van der Waals surface area contributed by atoms with Crippen LogP contribution in [-0.4, -0.2) is 0 Å². The second-order valence-corrected chi connectivity index (χ2v) is 2.47. The molecule has 0 saturated carbocycles. The maximum Gasteiger partial charge on any atom is 0.0859 e. The molecule has 1 nitrogen and oxygen atoms in total. The van der Waals surface area contributed by atoms with Gasteiger partial charge in [-0.2, -0.15) is 0 Å². The van der Waals surface area contributed by atoms with Gasteiger partial charge in [0.25, 0.3) is 0 Å². The van der Waals surface area contributed by atoms with Crippen LogP contribution in [0.1, 0.15) is 5.56 Å². The minimum Gasteiger partial charge on any atom is -0.391 e. The first kappa shape index (κ1) is 4.65. The fraction of sp³-hybridized carbons (Fsp3) is 0.200. The average Bonchev–Trinajstić information content (AvgIpc) is 1.87. The van der Waals surface area contributed by atoms with Gasteiger partial charge in [0.05, 0.1) is 5.00 Å². The molecule has 38 valence electrons. The molecule has 0 saturated heterocycles. The number of thiophene rings is 1. The van der Waals surface area contributed by atoms with E-state index in [4.69, 9.17) is 5.73 Å². The predicted molar refractivity (Wildman–Crippen MR) is 33.5 cm³/mol. The van der Waals surface area contributed by atoms with Gasteiger partial charge in [0.15, 0.2) is 0 Å². The molecule has 1 rings (SSSR count). The number of hydrogen-bond donors (Lipinski definition) is 1. The van der Waals surface area contributed by atoms with Gasteiger partial charge < -0.3 is 5.73 Å². The monoisotopic (exact) mass is 113 g/mol. The Morgan fingerprint density at radius 1 is 1.71 bits per heavy atom. The van der Waals surface area contributed by atoms with Crippen LogP contribution in [0.3, 0.4) is 0 Å². The van der Waals surface area contributed by atoms with E-state index in [0.717, 1.165) is 5.00 Å². The Morgan fingerprint density at radius 3 is 2.57 bits per heavy atom. The molecule has 0 unspecified atom stereocenters. The van der Waals surface area contributed by atoms with Crippen LogP contribution in [0.15, 0.2) is 11.4 Å². The maximum atomic E-state index is 5.40. The van der Waals surface area contributed by atoms with Crippen LogP contribution in [-0.2, 0) is 0 Å². The molecule has 1 aromatic rings. The van der Waals surface area contributed by atoms with Gasteiger partial charge in [-0.1, -0.05) is 0 Å². The van der Waals surface area contributed by atoms with Crippen molar-refractivity contribution in [3.05, 3.63) is 17.0 Å². The van der Waals surface area contributed by atoms with E-state index in [0.29, 0.717) is 0 Å². The van der Waals surface area contributed by atoms with Crippen molar-refractivity contribution in [2.24, 2.45) is 0 Å². The number of hydrogen-bond acceptors (Lipinski definition) is 2. The molecule has 0 aliphatic carbocycles. The Kier molecular flexibility index (Phi) is 1.02. The maximum absolute atomic E-state index is 5.40. The summed E-state index contributed by atoms with van der Waals surface area (Å²) >= 11 is 1.58. The van der Waals surface area contributed by atoms with Crippen molar-refractivity contribution in [3.8, 4) is 0 Å². The van der Waals surface area contributed by atoms with E-state index in [-0.39, 0.29) is 0 Å². The van der Waals surface area contributed by atoms with E-state index in [1.54, 1.807) is 11.3 Å². The van der Waals surface area contributed by atoms with Crippen molar-refractivity contribution >= 4 is 16.3 Å². The number of rotatable bonds is 0. The highest BCUT2D eigenvalue weighted by Crippen LogP contribution is 2.14. The summed E-state index contributed by atoms with van der Waals surface area (Å²) in [5, 5.41) is 2.94. The number of anilines is 1. The molecular formula is C5H7NS. The van der Waals surface area contributed by atoms with Gasteiger partial charge in [0.1, 0.15) is 0 Å². The van der Waals surface area contributed by atoms with Crippen LogP contribution in [0.2, 0.25) is 0 Å². The van der Waals surface area contributed by atoms with Crippen LogP contribution >= 0.6 is 11.3 Å². The zero-order valence-electron chi connectivity index (χ0n) is 4.14. The second kappa shape index (κ2) is 1.54. The van der Waals surface area contributed by atoms with Gasteiger partial charge >= 0.3 is 0 Å². The molecule has 7 heavy (non-hydrogen) atoms. The van der Waals surface area contributed by atoms with Crippen LogP contribution in [0.4, 0.5) is 5.00 Å². The summed E-state index contributed by atoms with van der Waals surface area (Å²) in [4.78, 5) is 0. The number of nitrogen functional groups attached to an aromatic ring is 1. The fourth-order valence-corrected chi connectivity index (χ4v) is 1.10. The Labute approximate surface area is 46.8 Å². The zero-order valence-corrected chi connectivity index (χ0v) is 4.96. The minimum atomic E-state index is 0.900. The third-order valence-corrected chi connectivity index (χ3v) is 1.63. The first-order valence-corrected chi connectivity index (χ1v) is 2.97. The van der Waals surface area contributed by atoms with E-state index < -0.39 is 0 Å². The predicted octanol–water partition coefficient (Wildman–Crippen LogP) is 1.64. The van der Waals surface area contributed by atoms with Gasteiger partial charge in [-0.15, -0.1) is 11.3 Å². The molecule has 0 radical (unpaired) electrons. The van der Waals surface area contributed by atoms with Gasteiger partial charge in [0.2, 0.25) is 0 Å². The van der Waals surface area contributed by atoms with Gasteiger partial charge in [0, 0.05) is 0 Å².